The predicted octanol–water partition coefficient (Wildman–Crippen LogP) is 2.01. The average Bonchev–Trinajstić information content (AvgIpc) is 2.26. The average molecular weight is 308 g/mol. The van der Waals surface area contributed by atoms with Crippen molar-refractivity contribution in [3.05, 3.63) is 0 Å². The molecule has 19 heavy (non-hydrogen) atoms. The van der Waals surface area contributed by atoms with E-state index in [1.165, 1.54) is 32.1 Å². The summed E-state index contributed by atoms with van der Waals surface area (Å²) in [6.07, 6.45) is 9.14. The first kappa shape index (κ1) is 25.5. The van der Waals surface area contributed by atoms with Crippen LogP contribution in [0.1, 0.15) is 64.7 Å². The molecule has 0 bridgehead atoms. The van der Waals surface area contributed by atoms with Crippen molar-refractivity contribution in [3.63, 3.8) is 0 Å². The molecule has 104 valence electrons. The van der Waals surface area contributed by atoms with Gasteiger partial charge in [0.25, 0.3) is 0 Å². The van der Waals surface area contributed by atoms with Crippen molar-refractivity contribution in [1.82, 2.24) is 0 Å². The fourth-order valence-electron chi connectivity index (χ4n) is 1.83. The van der Waals surface area contributed by atoms with Crippen molar-refractivity contribution >= 4 is 92.9 Å². The van der Waals surface area contributed by atoms with E-state index in [9.17, 15) is 9.59 Å². The maximum absolute atomic E-state index is 10.6. The molecule has 0 aromatic carbocycles. The van der Waals surface area contributed by atoms with Crippen LogP contribution in [0.5, 0.6) is 0 Å². The second-order valence-corrected chi connectivity index (χ2v) is 4.49. The molecular formula is C13H26KNaO4. The van der Waals surface area contributed by atoms with Crippen LogP contribution < -0.4 is 0 Å². The zero-order valence-electron chi connectivity index (χ0n) is 10.7. The number of carbonyl (C=O) groups is 2. The first-order valence-corrected chi connectivity index (χ1v) is 6.55. The van der Waals surface area contributed by atoms with Crippen molar-refractivity contribution in [2.24, 2.45) is 5.92 Å². The van der Waals surface area contributed by atoms with Gasteiger partial charge < -0.3 is 10.2 Å². The van der Waals surface area contributed by atoms with Crippen LogP contribution in [0.25, 0.3) is 0 Å². The molecule has 0 rings (SSSR count). The molecule has 2 N–H and O–H groups in total. The Kier molecular flexibility index (Phi) is 23.7. The number of unbranched alkanes of at least 4 members (excludes halogenated alkanes) is 7. The second kappa shape index (κ2) is 17.6. The third-order valence-corrected chi connectivity index (χ3v) is 2.94. The van der Waals surface area contributed by atoms with Gasteiger partial charge in [0.15, 0.2) is 5.92 Å². The van der Waals surface area contributed by atoms with E-state index < -0.39 is 17.9 Å². The van der Waals surface area contributed by atoms with Gasteiger partial charge in [-0.15, -0.1) is 0 Å². The molecule has 0 aliphatic rings. The van der Waals surface area contributed by atoms with Gasteiger partial charge in [0.05, 0.1) is 0 Å². The third kappa shape index (κ3) is 15.8. The Morgan fingerprint density at radius 1 is 0.842 bits per heavy atom. The zero-order valence-corrected chi connectivity index (χ0v) is 10.7. The Morgan fingerprint density at radius 3 is 1.58 bits per heavy atom. The summed E-state index contributed by atoms with van der Waals surface area (Å²) in [7, 11) is 0. The van der Waals surface area contributed by atoms with Crippen LogP contribution in [-0.2, 0) is 9.59 Å². The fourth-order valence-corrected chi connectivity index (χ4v) is 1.83. The molecule has 0 saturated heterocycles. The molecular weight excluding hydrogens is 282 g/mol. The summed E-state index contributed by atoms with van der Waals surface area (Å²) < 4.78 is 0. The zero-order chi connectivity index (χ0) is 13.1. The molecule has 0 spiro atoms. The molecule has 0 aliphatic heterocycles. The fraction of sp³-hybridized carbons (Fsp3) is 0.846. The number of aliphatic carboxylic acids is 2. The quantitative estimate of drug-likeness (QED) is 0.348. The van der Waals surface area contributed by atoms with Crippen LogP contribution in [0.15, 0.2) is 0 Å². The van der Waals surface area contributed by atoms with Crippen LogP contribution in [0.3, 0.4) is 0 Å². The second-order valence-electron chi connectivity index (χ2n) is 4.49. The summed E-state index contributed by atoms with van der Waals surface area (Å²) in [6, 6.07) is 0. The summed E-state index contributed by atoms with van der Waals surface area (Å²) in [5, 5.41) is 17.3. The molecule has 4 nitrogen and oxygen atoms in total. The van der Waals surface area contributed by atoms with Gasteiger partial charge in [0, 0.05) is 0 Å². The van der Waals surface area contributed by atoms with Gasteiger partial charge in [-0.05, 0) is 6.42 Å². The Hall–Kier alpha value is 1.58. The molecule has 0 amide bonds. The molecule has 0 saturated carbocycles. The van der Waals surface area contributed by atoms with Crippen molar-refractivity contribution in [1.29, 1.82) is 0 Å². The van der Waals surface area contributed by atoms with Crippen molar-refractivity contribution in [3.8, 4) is 0 Å². The Bertz CT molecular complexity index is 223. The van der Waals surface area contributed by atoms with Gasteiger partial charge in [-0.3, -0.25) is 9.59 Å². The van der Waals surface area contributed by atoms with E-state index in [1.54, 1.807) is 0 Å². The standard InChI is InChI=1S/C13H24O4.K.Na.2H/c1-2-3-4-5-6-7-8-9-10-11(12(14)15)13(16)17;;;;/h11H,2-10H2,1H3,(H,14,15)(H,16,17);;;;. The molecule has 0 fully saturated rings. The summed E-state index contributed by atoms with van der Waals surface area (Å²) in [6.45, 7) is 2.18. The number of rotatable bonds is 11. The van der Waals surface area contributed by atoms with Crippen LogP contribution in [0, 0.1) is 5.92 Å². The van der Waals surface area contributed by atoms with Gasteiger partial charge in [0.1, 0.15) is 0 Å². The van der Waals surface area contributed by atoms with E-state index in [0.29, 0.717) is 6.42 Å². The van der Waals surface area contributed by atoms with Crippen LogP contribution in [0.4, 0.5) is 0 Å². The van der Waals surface area contributed by atoms with E-state index in [0.717, 1.165) is 12.8 Å². The number of carboxylic acid groups (broad SMARTS) is 2. The Balaban J connectivity index is -0.00000128. The van der Waals surface area contributed by atoms with Crippen molar-refractivity contribution < 1.29 is 19.8 Å². The monoisotopic (exact) mass is 308 g/mol. The van der Waals surface area contributed by atoms with Crippen molar-refractivity contribution in [2.75, 3.05) is 0 Å². The van der Waals surface area contributed by atoms with E-state index in [4.69, 9.17) is 10.2 Å². The van der Waals surface area contributed by atoms with Gasteiger partial charge in [0.2, 0.25) is 0 Å². The Morgan fingerprint density at radius 2 is 1.21 bits per heavy atom. The first-order valence-electron chi connectivity index (χ1n) is 6.55. The normalized spacial score (nSPS) is 9.58. The molecule has 0 heterocycles. The maximum atomic E-state index is 10.6. The molecule has 0 atom stereocenters. The minimum absolute atomic E-state index is 0. The summed E-state index contributed by atoms with van der Waals surface area (Å²) in [5.74, 6) is -3.67. The third-order valence-electron chi connectivity index (χ3n) is 2.94. The molecule has 0 aromatic heterocycles. The number of carboxylic acids is 2. The Labute approximate surface area is 180 Å². The van der Waals surface area contributed by atoms with E-state index in [-0.39, 0.29) is 87.4 Å². The van der Waals surface area contributed by atoms with Crippen molar-refractivity contribution in [2.45, 2.75) is 64.7 Å². The van der Waals surface area contributed by atoms with E-state index >= 15 is 0 Å². The van der Waals surface area contributed by atoms with Crippen LogP contribution in [-0.4, -0.2) is 103 Å². The SMILES string of the molecule is CCCCCCCCCCC(C(=O)O)C(=O)O.[KH].[NaH]. The summed E-state index contributed by atoms with van der Waals surface area (Å²) in [4.78, 5) is 21.2. The minimum atomic E-state index is -1.23. The first-order chi connectivity index (χ1) is 8.09. The molecule has 0 unspecified atom stereocenters. The molecule has 0 aromatic rings. The van der Waals surface area contributed by atoms with Gasteiger partial charge in [-0.2, -0.15) is 0 Å². The van der Waals surface area contributed by atoms with E-state index in [2.05, 4.69) is 6.92 Å². The number of hydrogen-bond donors (Lipinski definition) is 2. The van der Waals surface area contributed by atoms with Gasteiger partial charge in [-0.25, -0.2) is 0 Å². The van der Waals surface area contributed by atoms with Gasteiger partial charge in [-0.1, -0.05) is 58.3 Å². The summed E-state index contributed by atoms with van der Waals surface area (Å²) >= 11 is 0. The van der Waals surface area contributed by atoms with Gasteiger partial charge >= 0.3 is 92.9 Å². The summed E-state index contributed by atoms with van der Waals surface area (Å²) in [5.41, 5.74) is 0. The van der Waals surface area contributed by atoms with Crippen LogP contribution >= 0.6 is 0 Å². The van der Waals surface area contributed by atoms with Crippen LogP contribution in [0.2, 0.25) is 0 Å². The predicted molar refractivity (Wildman–Crippen MR) is 80.3 cm³/mol. The van der Waals surface area contributed by atoms with E-state index in [1.807, 2.05) is 0 Å². The molecule has 0 aliphatic carbocycles. The topological polar surface area (TPSA) is 74.6 Å². The number of hydrogen-bond acceptors (Lipinski definition) is 2. The molecule has 0 radical (unpaired) electrons. The molecule has 6 heteroatoms.